The lowest BCUT2D eigenvalue weighted by molar-refractivity contribution is -0.142. The van der Waals surface area contributed by atoms with Crippen LogP contribution in [0.25, 0.3) is 10.1 Å². The van der Waals surface area contributed by atoms with Gasteiger partial charge >= 0.3 is 5.97 Å². The van der Waals surface area contributed by atoms with Crippen LogP contribution in [0.5, 0.6) is 0 Å². The van der Waals surface area contributed by atoms with E-state index in [1.807, 2.05) is 23.1 Å². The average Bonchev–Trinajstić information content (AvgIpc) is 2.76. The molecule has 0 aliphatic carbocycles. The maximum atomic E-state index is 11.3. The normalized spacial score (nSPS) is 20.4. The van der Waals surface area contributed by atoms with Crippen molar-refractivity contribution in [1.29, 1.82) is 0 Å². The molecule has 0 radical (unpaired) electrons. The second-order valence-electron chi connectivity index (χ2n) is 4.73. The number of carbonyl (C=O) groups is 1. The third kappa shape index (κ3) is 2.68. The minimum atomic E-state index is -0.741. The lowest BCUT2D eigenvalue weighted by atomic mass is 10.2. The molecule has 1 unspecified atom stereocenters. The van der Waals surface area contributed by atoms with Crippen molar-refractivity contribution in [3.8, 4) is 0 Å². The summed E-state index contributed by atoms with van der Waals surface area (Å²) in [5, 5.41) is 11.1. The minimum Gasteiger partial charge on any atom is -0.480 e. The SMILES string of the molecule is O=C(O)C1CSCCN1Cc1sc2ccccc2c1Cl. The van der Waals surface area contributed by atoms with Crippen LogP contribution in [0, 0.1) is 0 Å². The molecule has 1 aromatic heterocycles. The number of fused-ring (bicyclic) bond motifs is 1. The molecule has 1 aliphatic rings. The van der Waals surface area contributed by atoms with Gasteiger partial charge in [-0.2, -0.15) is 11.8 Å². The van der Waals surface area contributed by atoms with Crippen molar-refractivity contribution in [2.75, 3.05) is 18.1 Å². The van der Waals surface area contributed by atoms with Gasteiger partial charge in [0, 0.05) is 39.6 Å². The van der Waals surface area contributed by atoms with Crippen LogP contribution in [0.3, 0.4) is 0 Å². The Labute approximate surface area is 130 Å². The van der Waals surface area contributed by atoms with Crippen LogP contribution in [0.1, 0.15) is 4.88 Å². The van der Waals surface area contributed by atoms with Crippen molar-refractivity contribution in [2.45, 2.75) is 12.6 Å². The second-order valence-corrected chi connectivity index (χ2v) is 7.40. The zero-order valence-electron chi connectivity index (χ0n) is 10.7. The molecule has 1 aliphatic heterocycles. The van der Waals surface area contributed by atoms with Crippen LogP contribution in [0.15, 0.2) is 24.3 Å². The Hall–Kier alpha value is -0.750. The maximum absolute atomic E-state index is 11.3. The molecule has 1 aromatic carbocycles. The summed E-state index contributed by atoms with van der Waals surface area (Å²) in [5.74, 6) is 0.888. The van der Waals surface area contributed by atoms with Crippen molar-refractivity contribution in [3.63, 3.8) is 0 Å². The topological polar surface area (TPSA) is 40.5 Å². The van der Waals surface area contributed by atoms with Gasteiger partial charge in [-0.25, -0.2) is 0 Å². The summed E-state index contributed by atoms with van der Waals surface area (Å²) in [4.78, 5) is 14.4. The first-order valence-corrected chi connectivity index (χ1v) is 8.72. The maximum Gasteiger partial charge on any atom is 0.321 e. The quantitative estimate of drug-likeness (QED) is 0.936. The molecular formula is C14H14ClNO2S2. The molecule has 0 saturated carbocycles. The first-order valence-electron chi connectivity index (χ1n) is 6.37. The highest BCUT2D eigenvalue weighted by molar-refractivity contribution is 7.99. The number of hydrogen-bond acceptors (Lipinski definition) is 4. The zero-order chi connectivity index (χ0) is 14.1. The van der Waals surface area contributed by atoms with Crippen molar-refractivity contribution in [2.24, 2.45) is 0 Å². The smallest absolute Gasteiger partial charge is 0.321 e. The van der Waals surface area contributed by atoms with Crippen molar-refractivity contribution >= 4 is 50.8 Å². The third-order valence-corrected chi connectivity index (χ3v) is 6.19. The molecule has 1 saturated heterocycles. The van der Waals surface area contributed by atoms with Crippen LogP contribution >= 0.6 is 34.7 Å². The first kappa shape index (κ1) is 14.2. The third-order valence-electron chi connectivity index (χ3n) is 3.47. The highest BCUT2D eigenvalue weighted by Crippen LogP contribution is 2.36. The summed E-state index contributed by atoms with van der Waals surface area (Å²) in [5.41, 5.74) is 0. The van der Waals surface area contributed by atoms with Crippen LogP contribution in [-0.2, 0) is 11.3 Å². The largest absolute Gasteiger partial charge is 0.480 e. The van der Waals surface area contributed by atoms with Gasteiger partial charge in [-0.3, -0.25) is 9.69 Å². The number of rotatable bonds is 3. The van der Waals surface area contributed by atoms with Crippen molar-refractivity contribution in [3.05, 3.63) is 34.2 Å². The molecule has 0 amide bonds. The van der Waals surface area contributed by atoms with E-state index in [1.54, 1.807) is 23.1 Å². The summed E-state index contributed by atoms with van der Waals surface area (Å²) in [6.45, 7) is 1.42. The van der Waals surface area contributed by atoms with Gasteiger partial charge in [0.25, 0.3) is 0 Å². The summed E-state index contributed by atoms with van der Waals surface area (Å²) < 4.78 is 1.16. The van der Waals surface area contributed by atoms with Crippen LogP contribution in [0.4, 0.5) is 0 Å². The fraction of sp³-hybridized carbons (Fsp3) is 0.357. The Morgan fingerprint density at radius 2 is 2.25 bits per heavy atom. The van der Waals surface area contributed by atoms with E-state index in [2.05, 4.69) is 6.07 Å². The number of nitrogens with zero attached hydrogens (tertiary/aromatic N) is 1. The monoisotopic (exact) mass is 327 g/mol. The van der Waals surface area contributed by atoms with Crippen LogP contribution in [-0.4, -0.2) is 40.1 Å². The number of carboxylic acid groups (broad SMARTS) is 1. The van der Waals surface area contributed by atoms with Gasteiger partial charge in [-0.1, -0.05) is 29.8 Å². The number of aliphatic carboxylic acids is 1. The molecule has 106 valence electrons. The Kier molecular flexibility index (Phi) is 4.21. The van der Waals surface area contributed by atoms with Gasteiger partial charge < -0.3 is 5.11 Å². The van der Waals surface area contributed by atoms with E-state index in [1.165, 1.54) is 0 Å². The summed E-state index contributed by atoms with van der Waals surface area (Å²) in [7, 11) is 0. The molecule has 1 atom stereocenters. The van der Waals surface area contributed by atoms with Crippen LogP contribution < -0.4 is 0 Å². The zero-order valence-corrected chi connectivity index (χ0v) is 13.1. The Bertz CT molecular complexity index is 643. The Balaban J connectivity index is 1.88. The highest BCUT2D eigenvalue weighted by atomic mass is 35.5. The molecule has 0 spiro atoms. The lowest BCUT2D eigenvalue weighted by Crippen LogP contribution is -2.46. The molecule has 3 rings (SSSR count). The molecule has 2 heterocycles. The van der Waals surface area contributed by atoms with Gasteiger partial charge in [-0.15, -0.1) is 11.3 Å². The summed E-state index contributed by atoms with van der Waals surface area (Å²) in [6, 6.07) is 7.63. The predicted molar refractivity (Wildman–Crippen MR) is 86.0 cm³/mol. The van der Waals surface area contributed by atoms with E-state index in [9.17, 15) is 9.90 Å². The molecule has 20 heavy (non-hydrogen) atoms. The highest BCUT2D eigenvalue weighted by Gasteiger charge is 2.29. The number of carboxylic acids is 1. The van der Waals surface area contributed by atoms with E-state index in [0.717, 1.165) is 32.3 Å². The Morgan fingerprint density at radius 3 is 3.00 bits per heavy atom. The number of thiophene rings is 1. The molecule has 0 bridgehead atoms. The van der Waals surface area contributed by atoms with Crippen molar-refractivity contribution in [1.82, 2.24) is 4.90 Å². The average molecular weight is 328 g/mol. The fourth-order valence-corrected chi connectivity index (χ4v) is 5.03. The van der Waals surface area contributed by atoms with E-state index >= 15 is 0 Å². The van der Waals surface area contributed by atoms with Crippen LogP contribution in [0.2, 0.25) is 5.02 Å². The molecule has 2 aromatic rings. The van der Waals surface area contributed by atoms with E-state index in [0.29, 0.717) is 12.3 Å². The van der Waals surface area contributed by atoms with Gasteiger partial charge in [-0.05, 0) is 6.07 Å². The fourth-order valence-electron chi connectivity index (χ4n) is 2.41. The van der Waals surface area contributed by atoms with E-state index in [-0.39, 0.29) is 0 Å². The van der Waals surface area contributed by atoms with Gasteiger partial charge in [0.1, 0.15) is 6.04 Å². The number of benzene rings is 1. The van der Waals surface area contributed by atoms with Crippen molar-refractivity contribution < 1.29 is 9.90 Å². The lowest BCUT2D eigenvalue weighted by Gasteiger charge is -2.32. The van der Waals surface area contributed by atoms with Gasteiger partial charge in [0.15, 0.2) is 0 Å². The molecule has 3 nitrogen and oxygen atoms in total. The van der Waals surface area contributed by atoms with Gasteiger partial charge in [0.2, 0.25) is 0 Å². The molecule has 1 fully saturated rings. The first-order chi connectivity index (χ1) is 9.66. The number of thioether (sulfide) groups is 1. The molecular weight excluding hydrogens is 314 g/mol. The number of hydrogen-bond donors (Lipinski definition) is 1. The molecule has 6 heteroatoms. The molecule has 1 N–H and O–H groups in total. The summed E-state index contributed by atoms with van der Waals surface area (Å²) in [6.07, 6.45) is 0. The Morgan fingerprint density at radius 1 is 1.45 bits per heavy atom. The predicted octanol–water partition coefficient (Wildman–Crippen LogP) is 3.56. The minimum absolute atomic E-state index is 0.407. The van der Waals surface area contributed by atoms with E-state index < -0.39 is 12.0 Å². The number of halogens is 1. The standard InChI is InChI=1S/C14H14ClNO2S2/c15-13-9-3-1-2-4-11(9)20-12(13)7-16-5-6-19-8-10(16)14(17)18/h1-4,10H,5-8H2,(H,17,18). The summed E-state index contributed by atoms with van der Waals surface area (Å²) >= 11 is 9.80. The van der Waals surface area contributed by atoms with Gasteiger partial charge in [0.05, 0.1) is 5.02 Å². The second kappa shape index (κ2) is 5.93. The van der Waals surface area contributed by atoms with E-state index in [4.69, 9.17) is 11.6 Å².